The third-order valence-electron chi connectivity index (χ3n) is 6.92. The maximum atomic E-state index is 13.0. The lowest BCUT2D eigenvalue weighted by Gasteiger charge is -2.13. The number of benzene rings is 1. The number of aliphatic imine (C=N–C) groups is 1. The van der Waals surface area contributed by atoms with Crippen LogP contribution in [0.5, 0.6) is 0 Å². The van der Waals surface area contributed by atoms with E-state index in [1.165, 1.54) is 4.88 Å². The van der Waals surface area contributed by atoms with Gasteiger partial charge >= 0.3 is 0 Å². The zero-order valence-electron chi connectivity index (χ0n) is 25.3. The van der Waals surface area contributed by atoms with Gasteiger partial charge < -0.3 is 29.6 Å². The van der Waals surface area contributed by atoms with E-state index in [-0.39, 0.29) is 12.3 Å². The van der Waals surface area contributed by atoms with Crippen LogP contribution in [0.15, 0.2) is 29.3 Å². The van der Waals surface area contributed by atoms with E-state index >= 15 is 0 Å². The molecule has 0 spiro atoms. The Labute approximate surface area is 261 Å². The number of nitrogens with one attached hydrogen (secondary N) is 2. The summed E-state index contributed by atoms with van der Waals surface area (Å²) in [6, 6.07) is 7.13. The molecule has 0 saturated heterocycles. The number of nitrogens with zero attached hydrogens (tertiary/aromatic N) is 4. The zero-order valence-corrected chi connectivity index (χ0v) is 26.9. The number of carbonyl (C=O) groups is 1. The second-order valence-corrected chi connectivity index (χ2v) is 11.7. The van der Waals surface area contributed by atoms with Crippen molar-refractivity contribution >= 4 is 34.6 Å². The van der Waals surface area contributed by atoms with E-state index in [0.717, 1.165) is 39.8 Å². The number of likely N-dealkylation sites (N-methyl/N-ethyl adjacent to an activating group) is 1. The van der Waals surface area contributed by atoms with Crippen LogP contribution in [0, 0.1) is 20.8 Å². The second kappa shape index (κ2) is 17.0. The summed E-state index contributed by atoms with van der Waals surface area (Å²) in [5, 5.41) is 16.4. The average Bonchev–Trinajstić information content (AvgIpc) is 3.47. The molecule has 13 heteroatoms. The summed E-state index contributed by atoms with van der Waals surface area (Å²) in [5.41, 5.74) is 3.94. The lowest BCUT2D eigenvalue weighted by molar-refractivity contribution is -0.121. The Morgan fingerprint density at radius 2 is 1.51 bits per heavy atom. The fourth-order valence-electron chi connectivity index (χ4n) is 4.58. The maximum Gasteiger partial charge on any atom is 0.222 e. The number of amides is 1. The first-order valence-electron chi connectivity index (χ1n) is 14.5. The molecule has 0 radical (unpaired) electrons. The van der Waals surface area contributed by atoms with Crippen molar-refractivity contribution in [1.82, 2.24) is 25.4 Å². The van der Waals surface area contributed by atoms with E-state index < -0.39 is 6.04 Å². The van der Waals surface area contributed by atoms with Crippen LogP contribution >= 0.6 is 22.9 Å². The van der Waals surface area contributed by atoms with Crippen LogP contribution in [0.25, 0.3) is 5.00 Å². The van der Waals surface area contributed by atoms with E-state index in [1.807, 2.05) is 42.8 Å². The number of rotatable bonds is 18. The molecule has 0 aliphatic carbocycles. The highest BCUT2D eigenvalue weighted by molar-refractivity contribution is 7.15. The SMILES string of the molecule is CNCCOCCOCCOCCOCCNC(=O)CC1N=C(c2ccc(Cl)cc2)c2c(sc(C)c2C)-n2c(C)nnc21. The molecule has 1 atom stereocenters. The van der Waals surface area contributed by atoms with Crippen LogP contribution in [0.4, 0.5) is 0 Å². The normalized spacial score (nSPS) is 14.3. The predicted octanol–water partition coefficient (Wildman–Crippen LogP) is 3.59. The number of aromatic nitrogens is 3. The minimum Gasteiger partial charge on any atom is -0.378 e. The molecule has 2 N–H and O–H groups in total. The van der Waals surface area contributed by atoms with Gasteiger partial charge in [0.15, 0.2) is 5.82 Å². The first-order valence-corrected chi connectivity index (χ1v) is 15.7. The van der Waals surface area contributed by atoms with Crippen LogP contribution < -0.4 is 10.6 Å². The highest BCUT2D eigenvalue weighted by atomic mass is 35.5. The van der Waals surface area contributed by atoms with E-state index in [1.54, 1.807) is 11.3 Å². The molecule has 1 unspecified atom stereocenters. The Bertz CT molecular complexity index is 1360. The minimum atomic E-state index is -0.511. The van der Waals surface area contributed by atoms with Gasteiger partial charge in [0.1, 0.15) is 16.9 Å². The quantitative estimate of drug-likeness (QED) is 0.204. The summed E-state index contributed by atoms with van der Waals surface area (Å²) in [4.78, 5) is 19.4. The van der Waals surface area contributed by atoms with E-state index in [9.17, 15) is 4.79 Å². The van der Waals surface area contributed by atoms with Gasteiger partial charge in [-0.15, -0.1) is 21.5 Å². The molecule has 1 aliphatic heterocycles. The second-order valence-electron chi connectivity index (χ2n) is 10.0. The van der Waals surface area contributed by atoms with Gasteiger partial charge in [0.2, 0.25) is 5.91 Å². The van der Waals surface area contributed by atoms with Gasteiger partial charge in [-0.05, 0) is 45.5 Å². The molecule has 0 fully saturated rings. The summed E-state index contributed by atoms with van der Waals surface area (Å²) in [5.74, 6) is 1.27. The number of hydrogen-bond donors (Lipinski definition) is 2. The molecule has 3 aromatic rings. The first kappa shape index (κ1) is 33.2. The Morgan fingerprint density at radius 1 is 0.907 bits per heavy atom. The van der Waals surface area contributed by atoms with Gasteiger partial charge in [-0.2, -0.15) is 0 Å². The number of fused-ring (bicyclic) bond motifs is 3. The molecule has 1 aromatic carbocycles. The number of thiophene rings is 1. The number of carbonyl (C=O) groups excluding carboxylic acids is 1. The third kappa shape index (κ3) is 9.15. The predicted molar refractivity (Wildman–Crippen MR) is 168 cm³/mol. The highest BCUT2D eigenvalue weighted by Gasteiger charge is 2.32. The molecule has 0 bridgehead atoms. The smallest absolute Gasteiger partial charge is 0.222 e. The molecule has 1 amide bonds. The Balaban J connectivity index is 1.26. The van der Waals surface area contributed by atoms with Crippen molar-refractivity contribution in [3.05, 3.63) is 62.5 Å². The van der Waals surface area contributed by atoms with Crippen LogP contribution in [0.1, 0.15) is 45.7 Å². The lowest BCUT2D eigenvalue weighted by atomic mass is 9.99. The molecule has 234 valence electrons. The lowest BCUT2D eigenvalue weighted by Crippen LogP contribution is -2.29. The van der Waals surface area contributed by atoms with Crippen molar-refractivity contribution < 1.29 is 23.7 Å². The van der Waals surface area contributed by atoms with Crippen LogP contribution in [-0.2, 0) is 23.7 Å². The van der Waals surface area contributed by atoms with Crippen LogP contribution in [0.2, 0.25) is 5.02 Å². The molecule has 43 heavy (non-hydrogen) atoms. The van der Waals surface area contributed by atoms with Crippen molar-refractivity contribution in [1.29, 1.82) is 0 Å². The van der Waals surface area contributed by atoms with Gasteiger partial charge in [-0.3, -0.25) is 14.4 Å². The number of ether oxygens (including phenoxy) is 4. The number of aryl methyl sites for hydroxylation is 2. The minimum absolute atomic E-state index is 0.131. The Hall–Kier alpha value is -2.71. The molecule has 2 aromatic heterocycles. The van der Waals surface area contributed by atoms with Gasteiger partial charge in [0, 0.05) is 34.1 Å². The summed E-state index contributed by atoms with van der Waals surface area (Å²) in [6.45, 7) is 11.4. The van der Waals surface area contributed by atoms with Gasteiger partial charge in [-0.1, -0.05) is 23.7 Å². The molecule has 1 aliphatic rings. The van der Waals surface area contributed by atoms with Crippen molar-refractivity contribution in [3.63, 3.8) is 0 Å². The van der Waals surface area contributed by atoms with Crippen molar-refractivity contribution in [2.24, 2.45) is 4.99 Å². The number of halogens is 1. The standard InChI is InChI=1S/C30H41ClN6O5S/c1-20-21(2)43-30-27(20)28(23-5-7-24(31)8-6-23)34-25(29-36-35-22(3)37(29)30)19-26(38)33-10-12-40-14-16-42-18-17-41-15-13-39-11-9-32-4/h5-8,25,32H,9-19H2,1-4H3,(H,33,38). The third-order valence-corrected chi connectivity index (χ3v) is 8.36. The van der Waals surface area contributed by atoms with Crippen LogP contribution in [0.3, 0.4) is 0 Å². The summed E-state index contributed by atoms with van der Waals surface area (Å²) >= 11 is 7.87. The molecular weight excluding hydrogens is 592 g/mol. The maximum absolute atomic E-state index is 13.0. The monoisotopic (exact) mass is 632 g/mol. The fourth-order valence-corrected chi connectivity index (χ4v) is 5.92. The Morgan fingerprint density at radius 3 is 2.14 bits per heavy atom. The summed E-state index contributed by atoms with van der Waals surface area (Å²) in [6.07, 6.45) is 0.131. The van der Waals surface area contributed by atoms with Gasteiger partial charge in [-0.25, -0.2) is 0 Å². The summed E-state index contributed by atoms with van der Waals surface area (Å²) in [7, 11) is 1.89. The van der Waals surface area contributed by atoms with Gasteiger partial charge in [0.05, 0.1) is 65.0 Å². The van der Waals surface area contributed by atoms with Crippen molar-refractivity contribution in [2.75, 3.05) is 73.0 Å². The van der Waals surface area contributed by atoms with E-state index in [4.69, 9.17) is 35.5 Å². The average molecular weight is 633 g/mol. The number of hydrogen-bond acceptors (Lipinski definition) is 10. The molecule has 0 saturated carbocycles. The molecule has 4 rings (SSSR count). The molecule has 11 nitrogen and oxygen atoms in total. The van der Waals surface area contributed by atoms with Crippen molar-refractivity contribution in [2.45, 2.75) is 33.2 Å². The zero-order chi connectivity index (χ0) is 30.6. The topological polar surface area (TPSA) is 121 Å². The van der Waals surface area contributed by atoms with Crippen molar-refractivity contribution in [3.8, 4) is 5.00 Å². The Kier molecular flexibility index (Phi) is 13.1. The first-order chi connectivity index (χ1) is 20.9. The highest BCUT2D eigenvalue weighted by Crippen LogP contribution is 2.39. The van der Waals surface area contributed by atoms with Crippen LogP contribution in [-0.4, -0.2) is 99.4 Å². The molecular formula is C30H41ClN6O5S. The fraction of sp³-hybridized carbons (Fsp3) is 0.533. The molecule has 3 heterocycles. The van der Waals surface area contributed by atoms with E-state index in [0.29, 0.717) is 70.2 Å². The largest absolute Gasteiger partial charge is 0.378 e. The van der Waals surface area contributed by atoms with Gasteiger partial charge in [0.25, 0.3) is 0 Å². The summed E-state index contributed by atoms with van der Waals surface area (Å²) < 4.78 is 24.0. The van der Waals surface area contributed by atoms with E-state index in [2.05, 4.69) is 34.7 Å².